The Morgan fingerprint density at radius 3 is 2.52 bits per heavy atom. The molecule has 2 fully saturated rings. The molecule has 3 aliphatic rings. The topological polar surface area (TPSA) is 81.8 Å². The van der Waals surface area contributed by atoms with Gasteiger partial charge in [-0.3, -0.25) is 19.7 Å². The van der Waals surface area contributed by atoms with Crippen LogP contribution in [-0.2, 0) is 16.1 Å². The predicted octanol–water partition coefficient (Wildman–Crippen LogP) is 3.40. The maximum Gasteiger partial charge on any atom is 0.255 e. The number of rotatable bonds is 8. The second kappa shape index (κ2) is 11.3. The van der Waals surface area contributed by atoms with Crippen molar-refractivity contribution in [2.45, 2.75) is 89.4 Å². The van der Waals surface area contributed by atoms with Crippen LogP contribution in [0.1, 0.15) is 80.6 Å². The van der Waals surface area contributed by atoms with Gasteiger partial charge in [-0.25, -0.2) is 0 Å². The molecule has 8 heteroatoms. The summed E-state index contributed by atoms with van der Waals surface area (Å²) in [5.74, 6) is -0.701. The van der Waals surface area contributed by atoms with Crippen LogP contribution in [0.5, 0.6) is 0 Å². The number of anilines is 1. The molecule has 1 unspecified atom stereocenters. The average molecular weight is 477 g/mol. The summed E-state index contributed by atoms with van der Waals surface area (Å²) in [5.41, 5.74) is 2.89. The van der Waals surface area contributed by atoms with E-state index in [-0.39, 0.29) is 36.5 Å². The molecule has 1 aromatic carbocycles. The summed E-state index contributed by atoms with van der Waals surface area (Å²) in [6.07, 6.45) is 8.81. The Bertz CT molecular complexity index is 869. The van der Waals surface area contributed by atoms with Crippen molar-refractivity contribution in [3.8, 4) is 0 Å². The number of nitrogens with zero attached hydrogens (tertiary/aromatic N) is 2. The quantitative estimate of drug-likeness (QED) is 0.444. The molecular formula is C25H37ClN4O3. The van der Waals surface area contributed by atoms with Gasteiger partial charge in [-0.15, -0.1) is 12.4 Å². The molecule has 0 aromatic heterocycles. The Kier molecular flexibility index (Phi) is 8.76. The molecule has 1 saturated carbocycles. The summed E-state index contributed by atoms with van der Waals surface area (Å²) in [4.78, 5) is 41.5. The van der Waals surface area contributed by atoms with Gasteiger partial charge in [0.25, 0.3) is 5.91 Å². The molecule has 7 nitrogen and oxygen atoms in total. The van der Waals surface area contributed by atoms with E-state index >= 15 is 0 Å². The molecule has 3 amide bonds. The van der Waals surface area contributed by atoms with Gasteiger partial charge < -0.3 is 15.1 Å². The van der Waals surface area contributed by atoms with Crippen LogP contribution in [0.25, 0.3) is 0 Å². The fourth-order valence-corrected chi connectivity index (χ4v) is 5.55. The lowest BCUT2D eigenvalue weighted by molar-refractivity contribution is -0.136. The molecule has 2 N–H and O–H groups in total. The second-order valence-corrected chi connectivity index (χ2v) is 9.40. The van der Waals surface area contributed by atoms with Crippen molar-refractivity contribution in [3.63, 3.8) is 0 Å². The molecule has 2 heterocycles. The third-order valence-corrected chi connectivity index (χ3v) is 7.42. The van der Waals surface area contributed by atoms with E-state index in [9.17, 15) is 14.4 Å². The number of imide groups is 1. The van der Waals surface area contributed by atoms with Gasteiger partial charge in [0, 0.05) is 48.4 Å². The summed E-state index contributed by atoms with van der Waals surface area (Å²) in [7, 11) is 2.04. The van der Waals surface area contributed by atoms with Crippen LogP contribution < -0.4 is 15.5 Å². The van der Waals surface area contributed by atoms with Crippen molar-refractivity contribution in [2.75, 3.05) is 18.5 Å². The van der Waals surface area contributed by atoms with Crippen LogP contribution in [0.15, 0.2) is 18.2 Å². The smallest absolute Gasteiger partial charge is 0.255 e. The zero-order valence-corrected chi connectivity index (χ0v) is 20.6. The standard InChI is InChI=1S/C25H36N4O3.ClH/c1-3-4-5-15-28(18-11-9-17(26-2)10-12-18)21-8-6-7-19-20(21)16-29(25(19)32)22-13-14-23(30)27-24(22)31;/h6-8,17-18,22,26H,3-5,9-16H2,1-2H3,(H,27,30,31);1H. The van der Waals surface area contributed by atoms with E-state index in [0.717, 1.165) is 37.1 Å². The molecule has 0 radical (unpaired) electrons. The minimum absolute atomic E-state index is 0. The number of hydrogen-bond acceptors (Lipinski definition) is 5. The molecule has 4 rings (SSSR count). The highest BCUT2D eigenvalue weighted by Gasteiger charge is 2.40. The molecular weight excluding hydrogens is 440 g/mol. The van der Waals surface area contributed by atoms with Crippen LogP contribution in [0.4, 0.5) is 5.69 Å². The minimum atomic E-state index is -0.569. The Hall–Kier alpha value is -2.12. The lowest BCUT2D eigenvalue weighted by Crippen LogP contribution is -2.52. The molecule has 1 atom stereocenters. The SMILES string of the molecule is CCCCCN(c1cccc2c1CN(C1CCC(=O)NC1=O)C2=O)C1CCC(NC)CC1.Cl. The number of nitrogens with one attached hydrogen (secondary N) is 2. The summed E-state index contributed by atoms with van der Waals surface area (Å²) in [6.45, 7) is 3.65. The largest absolute Gasteiger partial charge is 0.368 e. The first-order valence-corrected chi connectivity index (χ1v) is 12.2. The molecule has 1 aromatic rings. The van der Waals surface area contributed by atoms with Crippen LogP contribution in [0.2, 0.25) is 0 Å². The summed E-state index contributed by atoms with van der Waals surface area (Å²) < 4.78 is 0. The van der Waals surface area contributed by atoms with Gasteiger partial charge in [-0.05, 0) is 57.7 Å². The highest BCUT2D eigenvalue weighted by atomic mass is 35.5. The highest BCUT2D eigenvalue weighted by Crippen LogP contribution is 2.37. The molecule has 1 aliphatic carbocycles. The average Bonchev–Trinajstić information content (AvgIpc) is 3.14. The molecule has 182 valence electrons. The minimum Gasteiger partial charge on any atom is -0.368 e. The van der Waals surface area contributed by atoms with Crippen LogP contribution >= 0.6 is 12.4 Å². The van der Waals surface area contributed by atoms with Crippen LogP contribution in [-0.4, -0.2) is 54.3 Å². The van der Waals surface area contributed by atoms with Gasteiger partial charge in [0.05, 0.1) is 0 Å². The lowest BCUT2D eigenvalue weighted by Gasteiger charge is -2.39. The molecule has 1 saturated heterocycles. The fourth-order valence-electron chi connectivity index (χ4n) is 5.55. The van der Waals surface area contributed by atoms with Gasteiger partial charge in [0.1, 0.15) is 6.04 Å². The summed E-state index contributed by atoms with van der Waals surface area (Å²) in [6, 6.07) is 6.51. The second-order valence-electron chi connectivity index (χ2n) is 9.40. The Morgan fingerprint density at radius 2 is 1.85 bits per heavy atom. The maximum absolute atomic E-state index is 13.3. The van der Waals surface area contributed by atoms with Gasteiger partial charge in [-0.1, -0.05) is 25.8 Å². The van der Waals surface area contributed by atoms with Gasteiger partial charge in [-0.2, -0.15) is 0 Å². The first-order chi connectivity index (χ1) is 15.5. The van der Waals surface area contributed by atoms with Crippen molar-refractivity contribution < 1.29 is 14.4 Å². The van der Waals surface area contributed by atoms with Crippen molar-refractivity contribution in [1.82, 2.24) is 15.5 Å². The third-order valence-electron chi connectivity index (χ3n) is 7.42. The molecule has 2 aliphatic heterocycles. The highest BCUT2D eigenvalue weighted by molar-refractivity contribution is 6.06. The zero-order chi connectivity index (χ0) is 22.7. The lowest BCUT2D eigenvalue weighted by atomic mass is 9.89. The van der Waals surface area contributed by atoms with E-state index in [4.69, 9.17) is 0 Å². The third kappa shape index (κ3) is 5.35. The van der Waals surface area contributed by atoms with E-state index in [1.54, 1.807) is 4.90 Å². The Labute approximate surface area is 203 Å². The van der Waals surface area contributed by atoms with Crippen LogP contribution in [0, 0.1) is 0 Å². The number of benzene rings is 1. The van der Waals surface area contributed by atoms with Crippen molar-refractivity contribution in [1.29, 1.82) is 0 Å². The maximum atomic E-state index is 13.3. The predicted molar refractivity (Wildman–Crippen MR) is 132 cm³/mol. The molecule has 33 heavy (non-hydrogen) atoms. The number of amides is 3. The van der Waals surface area contributed by atoms with E-state index in [1.807, 2.05) is 19.2 Å². The van der Waals surface area contributed by atoms with Gasteiger partial charge in [0.2, 0.25) is 11.8 Å². The van der Waals surface area contributed by atoms with Crippen LogP contribution in [0.3, 0.4) is 0 Å². The van der Waals surface area contributed by atoms with E-state index < -0.39 is 6.04 Å². The number of fused-ring (bicyclic) bond motifs is 1. The molecule has 0 spiro atoms. The fraction of sp³-hybridized carbons (Fsp3) is 0.640. The van der Waals surface area contributed by atoms with E-state index in [0.29, 0.717) is 30.6 Å². The Morgan fingerprint density at radius 1 is 1.09 bits per heavy atom. The summed E-state index contributed by atoms with van der Waals surface area (Å²) >= 11 is 0. The summed E-state index contributed by atoms with van der Waals surface area (Å²) in [5, 5.41) is 5.82. The van der Waals surface area contributed by atoms with Crippen molar-refractivity contribution in [2.24, 2.45) is 0 Å². The van der Waals surface area contributed by atoms with Crippen molar-refractivity contribution >= 4 is 35.8 Å². The van der Waals surface area contributed by atoms with E-state index in [2.05, 4.69) is 28.5 Å². The molecule has 0 bridgehead atoms. The number of carbonyl (C=O) groups excluding carboxylic acids is 3. The van der Waals surface area contributed by atoms with Gasteiger partial charge >= 0.3 is 0 Å². The van der Waals surface area contributed by atoms with Crippen molar-refractivity contribution in [3.05, 3.63) is 29.3 Å². The number of halogens is 1. The van der Waals surface area contributed by atoms with Gasteiger partial charge in [0.15, 0.2) is 0 Å². The Balaban J connectivity index is 0.00000306. The number of unbranched alkanes of at least 4 members (excludes halogenated alkanes) is 2. The first-order valence-electron chi connectivity index (χ1n) is 12.2. The first kappa shape index (κ1) is 25.5. The van der Waals surface area contributed by atoms with E-state index in [1.165, 1.54) is 25.7 Å². The number of piperidine rings is 1. The normalized spacial score (nSPS) is 24.8. The monoisotopic (exact) mass is 476 g/mol. The number of carbonyl (C=O) groups is 3. The number of hydrogen-bond donors (Lipinski definition) is 2. The zero-order valence-electron chi connectivity index (χ0n) is 19.8.